The van der Waals surface area contributed by atoms with Crippen molar-refractivity contribution < 1.29 is 24.5 Å². The number of aromatic carboxylic acids is 2. The summed E-state index contributed by atoms with van der Waals surface area (Å²) < 4.78 is 5.76. The third-order valence-corrected chi connectivity index (χ3v) is 3.43. The minimum atomic E-state index is -1.31. The van der Waals surface area contributed by atoms with Crippen LogP contribution in [0.3, 0.4) is 0 Å². The monoisotopic (exact) mass is 308 g/mol. The van der Waals surface area contributed by atoms with Crippen molar-refractivity contribution in [1.29, 1.82) is 0 Å². The number of hydrogen-bond acceptors (Lipinski definition) is 3. The molecule has 0 saturated carbocycles. The van der Waals surface area contributed by atoms with Crippen LogP contribution in [0.5, 0.6) is 11.5 Å². The Morgan fingerprint density at radius 1 is 0.783 bits per heavy atom. The highest BCUT2D eigenvalue weighted by atomic mass is 16.5. The molecule has 23 heavy (non-hydrogen) atoms. The van der Waals surface area contributed by atoms with Crippen LogP contribution in [0.25, 0.3) is 10.8 Å². The van der Waals surface area contributed by atoms with Crippen LogP contribution in [0.4, 0.5) is 0 Å². The van der Waals surface area contributed by atoms with E-state index in [1.807, 2.05) is 36.4 Å². The normalized spacial score (nSPS) is 10.4. The standard InChI is InChI=1S/C18H12O5/c19-17(20)14-9-8-12(10-15(14)18(21)22)23-16-7-3-5-11-4-1-2-6-13(11)16/h1-10H,(H,19,20)(H,21,22). The third-order valence-electron chi connectivity index (χ3n) is 3.43. The molecule has 0 radical (unpaired) electrons. The molecule has 0 spiro atoms. The zero-order valence-electron chi connectivity index (χ0n) is 11.9. The van der Waals surface area contributed by atoms with Crippen LogP contribution in [0.2, 0.25) is 0 Å². The summed E-state index contributed by atoms with van der Waals surface area (Å²) >= 11 is 0. The fourth-order valence-corrected chi connectivity index (χ4v) is 2.36. The van der Waals surface area contributed by atoms with Crippen molar-refractivity contribution in [3.8, 4) is 11.5 Å². The molecule has 2 N–H and O–H groups in total. The van der Waals surface area contributed by atoms with Gasteiger partial charge in [0.15, 0.2) is 0 Å². The fourth-order valence-electron chi connectivity index (χ4n) is 2.36. The third kappa shape index (κ3) is 2.85. The van der Waals surface area contributed by atoms with Crippen molar-refractivity contribution in [2.45, 2.75) is 0 Å². The smallest absolute Gasteiger partial charge is 0.336 e. The van der Waals surface area contributed by atoms with E-state index in [1.165, 1.54) is 18.2 Å². The minimum Gasteiger partial charge on any atom is -0.478 e. The van der Waals surface area contributed by atoms with Gasteiger partial charge in [0, 0.05) is 5.39 Å². The van der Waals surface area contributed by atoms with Gasteiger partial charge in [-0.05, 0) is 29.7 Å². The Morgan fingerprint density at radius 3 is 2.22 bits per heavy atom. The van der Waals surface area contributed by atoms with E-state index in [0.29, 0.717) is 5.75 Å². The lowest BCUT2D eigenvalue weighted by Gasteiger charge is -2.10. The van der Waals surface area contributed by atoms with Gasteiger partial charge in [0.2, 0.25) is 0 Å². The van der Waals surface area contributed by atoms with E-state index in [9.17, 15) is 9.59 Å². The van der Waals surface area contributed by atoms with Crippen LogP contribution in [0, 0.1) is 0 Å². The zero-order valence-corrected chi connectivity index (χ0v) is 11.9. The van der Waals surface area contributed by atoms with Gasteiger partial charge in [0.05, 0.1) is 11.1 Å². The van der Waals surface area contributed by atoms with E-state index in [-0.39, 0.29) is 16.9 Å². The summed E-state index contributed by atoms with van der Waals surface area (Å²) in [6, 6.07) is 17.1. The zero-order chi connectivity index (χ0) is 16.4. The summed E-state index contributed by atoms with van der Waals surface area (Å²) in [5.41, 5.74) is -0.585. The molecule has 5 nitrogen and oxygen atoms in total. The lowest BCUT2D eigenvalue weighted by molar-refractivity contribution is 0.0651. The highest BCUT2D eigenvalue weighted by Crippen LogP contribution is 2.30. The summed E-state index contributed by atoms with van der Waals surface area (Å²) in [6.45, 7) is 0. The van der Waals surface area contributed by atoms with E-state index in [0.717, 1.165) is 10.8 Å². The van der Waals surface area contributed by atoms with Crippen molar-refractivity contribution in [1.82, 2.24) is 0 Å². The molecule has 3 aromatic carbocycles. The van der Waals surface area contributed by atoms with E-state index < -0.39 is 11.9 Å². The molecule has 3 rings (SSSR count). The molecule has 3 aromatic rings. The molecular formula is C18H12O5. The van der Waals surface area contributed by atoms with Gasteiger partial charge in [-0.15, -0.1) is 0 Å². The van der Waals surface area contributed by atoms with Gasteiger partial charge >= 0.3 is 11.9 Å². The lowest BCUT2D eigenvalue weighted by atomic mass is 10.1. The molecule has 0 atom stereocenters. The van der Waals surface area contributed by atoms with Crippen LogP contribution < -0.4 is 4.74 Å². The Morgan fingerprint density at radius 2 is 1.48 bits per heavy atom. The molecule has 114 valence electrons. The number of carbonyl (C=O) groups is 2. The second-order valence-corrected chi connectivity index (χ2v) is 4.90. The lowest BCUT2D eigenvalue weighted by Crippen LogP contribution is -2.07. The molecule has 0 aliphatic heterocycles. The van der Waals surface area contributed by atoms with Crippen LogP contribution in [-0.4, -0.2) is 22.2 Å². The molecule has 0 aliphatic carbocycles. The summed E-state index contributed by atoms with van der Waals surface area (Å²) in [5, 5.41) is 20.1. The molecule has 5 heteroatoms. The van der Waals surface area contributed by atoms with Gasteiger partial charge in [-0.3, -0.25) is 0 Å². The van der Waals surface area contributed by atoms with Crippen molar-refractivity contribution >= 4 is 22.7 Å². The largest absolute Gasteiger partial charge is 0.478 e. The molecule has 0 saturated heterocycles. The van der Waals surface area contributed by atoms with Crippen LogP contribution in [0.15, 0.2) is 60.7 Å². The average molecular weight is 308 g/mol. The SMILES string of the molecule is O=C(O)c1ccc(Oc2cccc3ccccc23)cc1C(=O)O. The van der Waals surface area contributed by atoms with E-state index in [4.69, 9.17) is 14.9 Å². The maximum Gasteiger partial charge on any atom is 0.336 e. The van der Waals surface area contributed by atoms with Crippen LogP contribution in [0.1, 0.15) is 20.7 Å². The Balaban J connectivity index is 2.04. The van der Waals surface area contributed by atoms with E-state index in [1.54, 1.807) is 6.07 Å². The van der Waals surface area contributed by atoms with Crippen molar-refractivity contribution in [2.24, 2.45) is 0 Å². The number of hydrogen-bond donors (Lipinski definition) is 2. The fraction of sp³-hybridized carbons (Fsp3) is 0. The second kappa shape index (κ2) is 5.81. The van der Waals surface area contributed by atoms with Gasteiger partial charge in [0.1, 0.15) is 11.5 Å². The first-order chi connectivity index (χ1) is 11.1. The first kappa shape index (κ1) is 14.6. The number of carboxylic acid groups (broad SMARTS) is 2. The average Bonchev–Trinajstić information content (AvgIpc) is 2.55. The number of benzene rings is 3. The Kier molecular flexibility index (Phi) is 3.68. The maximum atomic E-state index is 11.2. The Bertz CT molecular complexity index is 909. The van der Waals surface area contributed by atoms with Gasteiger partial charge in [-0.25, -0.2) is 9.59 Å². The number of fused-ring (bicyclic) bond motifs is 1. The number of ether oxygens (including phenoxy) is 1. The van der Waals surface area contributed by atoms with Crippen molar-refractivity contribution in [3.63, 3.8) is 0 Å². The highest BCUT2D eigenvalue weighted by Gasteiger charge is 2.17. The van der Waals surface area contributed by atoms with Gasteiger partial charge in [-0.1, -0.05) is 36.4 Å². The molecule has 0 heterocycles. The molecule has 0 unspecified atom stereocenters. The van der Waals surface area contributed by atoms with Crippen molar-refractivity contribution in [3.05, 3.63) is 71.8 Å². The quantitative estimate of drug-likeness (QED) is 0.760. The Labute approximate surface area is 131 Å². The van der Waals surface area contributed by atoms with Gasteiger partial charge < -0.3 is 14.9 Å². The number of carboxylic acids is 2. The summed E-state index contributed by atoms with van der Waals surface area (Å²) in [6.07, 6.45) is 0. The predicted octanol–water partition coefficient (Wildman–Crippen LogP) is 4.03. The molecule has 0 fully saturated rings. The Hall–Kier alpha value is -3.34. The molecule has 0 aromatic heterocycles. The highest BCUT2D eigenvalue weighted by molar-refractivity contribution is 6.02. The first-order valence-corrected chi connectivity index (χ1v) is 6.82. The molecule has 0 bridgehead atoms. The van der Waals surface area contributed by atoms with E-state index >= 15 is 0 Å². The maximum absolute atomic E-state index is 11.2. The van der Waals surface area contributed by atoms with Crippen LogP contribution >= 0.6 is 0 Å². The summed E-state index contributed by atoms with van der Waals surface area (Å²) in [7, 11) is 0. The van der Waals surface area contributed by atoms with E-state index in [2.05, 4.69) is 0 Å². The minimum absolute atomic E-state index is 0.267. The molecule has 0 aliphatic rings. The topological polar surface area (TPSA) is 83.8 Å². The molecule has 0 amide bonds. The first-order valence-electron chi connectivity index (χ1n) is 6.82. The van der Waals surface area contributed by atoms with Gasteiger partial charge in [0.25, 0.3) is 0 Å². The number of rotatable bonds is 4. The summed E-state index contributed by atoms with van der Waals surface area (Å²) in [4.78, 5) is 22.3. The van der Waals surface area contributed by atoms with Gasteiger partial charge in [-0.2, -0.15) is 0 Å². The predicted molar refractivity (Wildman–Crippen MR) is 84.4 cm³/mol. The van der Waals surface area contributed by atoms with Crippen LogP contribution in [-0.2, 0) is 0 Å². The molecular weight excluding hydrogens is 296 g/mol. The van der Waals surface area contributed by atoms with Crippen molar-refractivity contribution in [2.75, 3.05) is 0 Å². The summed E-state index contributed by atoms with van der Waals surface area (Å²) in [5.74, 6) is -1.77. The second-order valence-electron chi connectivity index (χ2n) is 4.90.